The van der Waals surface area contributed by atoms with E-state index in [9.17, 15) is 22.8 Å². The molecule has 2 heterocycles. The number of hydrogen-bond donors (Lipinski definition) is 2. The highest BCUT2D eigenvalue weighted by molar-refractivity contribution is 5.98. The van der Waals surface area contributed by atoms with E-state index in [-0.39, 0.29) is 17.0 Å². The highest BCUT2D eigenvalue weighted by atomic mass is 19.4. The molecule has 0 atom stereocenters. The third-order valence-corrected chi connectivity index (χ3v) is 4.70. The second-order valence-electron chi connectivity index (χ2n) is 7.40. The Hall–Kier alpha value is -4.81. The molecule has 0 radical (unpaired) electrons. The summed E-state index contributed by atoms with van der Waals surface area (Å²) < 4.78 is 41.0. The molecular formula is C23H18F3N7O3. The molecule has 184 valence electrons. The third kappa shape index (κ3) is 6.62. The van der Waals surface area contributed by atoms with Crippen molar-refractivity contribution in [2.75, 3.05) is 6.61 Å². The summed E-state index contributed by atoms with van der Waals surface area (Å²) in [6.45, 7) is -1.15. The Morgan fingerprint density at radius 2 is 1.56 bits per heavy atom. The van der Waals surface area contributed by atoms with Crippen LogP contribution in [0.2, 0.25) is 0 Å². The van der Waals surface area contributed by atoms with Crippen molar-refractivity contribution in [2.45, 2.75) is 12.7 Å². The first kappa shape index (κ1) is 24.3. The van der Waals surface area contributed by atoms with E-state index in [1.165, 1.54) is 10.9 Å². The molecule has 4 aromatic rings. The van der Waals surface area contributed by atoms with Crippen LogP contribution in [0, 0.1) is 0 Å². The molecule has 2 aromatic heterocycles. The molecule has 0 aliphatic rings. The zero-order chi connectivity index (χ0) is 25.5. The smallest absolute Gasteiger partial charge is 0.422 e. The number of tetrazole rings is 1. The van der Waals surface area contributed by atoms with E-state index < -0.39 is 24.6 Å². The highest BCUT2D eigenvalue weighted by Gasteiger charge is 2.28. The molecule has 0 saturated carbocycles. The molecular weight excluding hydrogens is 479 g/mol. The van der Waals surface area contributed by atoms with E-state index in [4.69, 9.17) is 0 Å². The maximum atomic E-state index is 12.3. The quantitative estimate of drug-likeness (QED) is 0.376. The molecule has 13 heteroatoms. The number of aromatic nitrogens is 5. The summed E-state index contributed by atoms with van der Waals surface area (Å²) in [5.41, 5.74) is 6.44. The van der Waals surface area contributed by atoms with Crippen LogP contribution in [-0.4, -0.2) is 49.8 Å². The minimum atomic E-state index is -4.50. The number of ether oxygens (including phenoxy) is 1. The summed E-state index contributed by atoms with van der Waals surface area (Å²) in [6, 6.07) is 18.3. The van der Waals surface area contributed by atoms with Crippen LogP contribution < -0.4 is 15.6 Å². The van der Waals surface area contributed by atoms with Crippen LogP contribution in [0.15, 0.2) is 72.9 Å². The van der Waals surface area contributed by atoms with Crippen molar-refractivity contribution in [3.05, 3.63) is 89.6 Å². The van der Waals surface area contributed by atoms with Gasteiger partial charge in [-0.05, 0) is 29.0 Å². The van der Waals surface area contributed by atoms with Gasteiger partial charge in [0.2, 0.25) is 11.7 Å². The number of amides is 2. The molecule has 2 aromatic carbocycles. The van der Waals surface area contributed by atoms with Crippen molar-refractivity contribution >= 4 is 11.8 Å². The first-order chi connectivity index (χ1) is 17.3. The van der Waals surface area contributed by atoms with E-state index in [0.29, 0.717) is 12.4 Å². The summed E-state index contributed by atoms with van der Waals surface area (Å²) in [6.07, 6.45) is -3.47. The lowest BCUT2D eigenvalue weighted by Crippen LogP contribution is -2.41. The molecule has 0 spiro atoms. The first-order valence-electron chi connectivity index (χ1n) is 10.5. The number of carbonyl (C=O) groups excluding carboxylic acids is 2. The summed E-state index contributed by atoms with van der Waals surface area (Å²) in [5, 5.41) is 12.4. The van der Waals surface area contributed by atoms with Crippen LogP contribution in [0.25, 0.3) is 11.4 Å². The number of nitrogens with zero attached hydrogens (tertiary/aromatic N) is 5. The van der Waals surface area contributed by atoms with Crippen LogP contribution in [0.3, 0.4) is 0 Å². The molecule has 0 aliphatic carbocycles. The Labute approximate surface area is 202 Å². The minimum Gasteiger partial charge on any atom is -0.468 e. The molecule has 0 unspecified atom stereocenters. The highest BCUT2D eigenvalue weighted by Crippen LogP contribution is 2.17. The largest absolute Gasteiger partial charge is 0.468 e. The second-order valence-corrected chi connectivity index (χ2v) is 7.40. The lowest BCUT2D eigenvalue weighted by Gasteiger charge is -2.10. The standard InChI is InChI=1S/C23H18F3N7O3/c24-23(25,26)14-36-19-11-10-18(12-27-19)22(35)30-29-21(34)17-8-6-15(7-9-17)13-33-31-20(28-32-33)16-4-2-1-3-5-16/h1-12H,13-14H2,(H,29,34)(H,30,35). The number of alkyl halides is 3. The van der Waals surface area contributed by atoms with Gasteiger partial charge in [0, 0.05) is 23.4 Å². The van der Waals surface area contributed by atoms with Crippen LogP contribution in [-0.2, 0) is 6.54 Å². The number of carbonyl (C=O) groups is 2. The fourth-order valence-corrected chi connectivity index (χ4v) is 2.95. The third-order valence-electron chi connectivity index (χ3n) is 4.70. The maximum absolute atomic E-state index is 12.3. The number of hydrogen-bond acceptors (Lipinski definition) is 7. The zero-order valence-electron chi connectivity index (χ0n) is 18.4. The lowest BCUT2D eigenvalue weighted by atomic mass is 10.1. The van der Waals surface area contributed by atoms with Gasteiger partial charge in [0.05, 0.1) is 12.1 Å². The molecule has 2 amide bonds. The summed E-state index contributed by atoms with van der Waals surface area (Å²) in [7, 11) is 0. The summed E-state index contributed by atoms with van der Waals surface area (Å²) in [5.74, 6) is -1.06. The molecule has 4 rings (SSSR count). The van der Waals surface area contributed by atoms with E-state index in [1.54, 1.807) is 24.3 Å². The van der Waals surface area contributed by atoms with Gasteiger partial charge in [-0.3, -0.25) is 20.4 Å². The Bertz CT molecular complexity index is 1330. The van der Waals surface area contributed by atoms with Crippen molar-refractivity contribution in [2.24, 2.45) is 0 Å². The monoisotopic (exact) mass is 497 g/mol. The van der Waals surface area contributed by atoms with Crippen LogP contribution in [0.5, 0.6) is 5.88 Å². The van der Waals surface area contributed by atoms with E-state index in [0.717, 1.165) is 23.4 Å². The minimum absolute atomic E-state index is 0.0141. The normalized spacial score (nSPS) is 11.1. The number of halogens is 3. The van der Waals surface area contributed by atoms with E-state index in [1.807, 2.05) is 30.3 Å². The Morgan fingerprint density at radius 1 is 0.889 bits per heavy atom. The van der Waals surface area contributed by atoms with Gasteiger partial charge in [0.25, 0.3) is 11.8 Å². The van der Waals surface area contributed by atoms with Crippen molar-refractivity contribution in [3.8, 4) is 17.3 Å². The molecule has 0 aliphatic heterocycles. The molecule has 0 bridgehead atoms. The maximum Gasteiger partial charge on any atom is 0.422 e. The fraction of sp³-hybridized carbons (Fsp3) is 0.130. The van der Waals surface area contributed by atoms with Crippen LogP contribution in [0.4, 0.5) is 13.2 Å². The van der Waals surface area contributed by atoms with Gasteiger partial charge in [-0.1, -0.05) is 42.5 Å². The van der Waals surface area contributed by atoms with Gasteiger partial charge < -0.3 is 4.74 Å². The van der Waals surface area contributed by atoms with Crippen molar-refractivity contribution in [1.82, 2.24) is 36.0 Å². The number of benzene rings is 2. The van der Waals surface area contributed by atoms with Crippen molar-refractivity contribution < 1.29 is 27.5 Å². The summed E-state index contributed by atoms with van der Waals surface area (Å²) in [4.78, 5) is 29.6. The summed E-state index contributed by atoms with van der Waals surface area (Å²) >= 11 is 0. The topological polar surface area (TPSA) is 124 Å². The molecule has 36 heavy (non-hydrogen) atoms. The number of rotatable bonds is 7. The molecule has 0 saturated heterocycles. The second kappa shape index (κ2) is 10.6. The molecule has 0 fully saturated rings. The Kier molecular flexibility index (Phi) is 7.18. The van der Waals surface area contributed by atoms with Crippen LogP contribution in [0.1, 0.15) is 26.3 Å². The molecule has 2 N–H and O–H groups in total. The van der Waals surface area contributed by atoms with Crippen LogP contribution >= 0.6 is 0 Å². The van der Waals surface area contributed by atoms with Gasteiger partial charge in [0.15, 0.2) is 6.61 Å². The van der Waals surface area contributed by atoms with E-state index >= 15 is 0 Å². The van der Waals surface area contributed by atoms with Gasteiger partial charge in [-0.25, -0.2) is 4.98 Å². The van der Waals surface area contributed by atoms with Gasteiger partial charge in [0.1, 0.15) is 0 Å². The lowest BCUT2D eigenvalue weighted by molar-refractivity contribution is -0.154. The number of pyridine rings is 1. The van der Waals surface area contributed by atoms with Gasteiger partial charge in [-0.2, -0.15) is 18.0 Å². The average Bonchev–Trinajstić information content (AvgIpc) is 3.35. The van der Waals surface area contributed by atoms with Gasteiger partial charge in [-0.15, -0.1) is 10.2 Å². The first-order valence-corrected chi connectivity index (χ1v) is 10.5. The van der Waals surface area contributed by atoms with E-state index in [2.05, 4.69) is 36.0 Å². The Morgan fingerprint density at radius 3 is 2.19 bits per heavy atom. The number of nitrogens with one attached hydrogen (secondary N) is 2. The predicted octanol–water partition coefficient (Wildman–Crippen LogP) is 2.80. The van der Waals surface area contributed by atoms with Gasteiger partial charge >= 0.3 is 6.18 Å². The van der Waals surface area contributed by atoms with Crippen molar-refractivity contribution in [3.63, 3.8) is 0 Å². The SMILES string of the molecule is O=C(NNC(=O)c1ccc(OCC(F)(F)F)nc1)c1ccc(Cn2nnc(-c3ccccc3)n2)cc1. The zero-order valence-corrected chi connectivity index (χ0v) is 18.4. The fourth-order valence-electron chi connectivity index (χ4n) is 2.95. The Balaban J connectivity index is 1.27. The average molecular weight is 497 g/mol. The predicted molar refractivity (Wildman–Crippen MR) is 120 cm³/mol. The molecule has 10 nitrogen and oxygen atoms in total. The number of hydrazine groups is 1. The van der Waals surface area contributed by atoms with Crippen molar-refractivity contribution in [1.29, 1.82) is 0 Å².